The zero-order chi connectivity index (χ0) is 10.7. The van der Waals surface area contributed by atoms with Gasteiger partial charge >= 0.3 is 0 Å². The molecule has 1 aromatic rings. The molecule has 1 nitrogen and oxygen atoms in total. The van der Waals surface area contributed by atoms with Gasteiger partial charge in [0.15, 0.2) is 0 Å². The van der Waals surface area contributed by atoms with Crippen LogP contribution >= 0.6 is 0 Å². The van der Waals surface area contributed by atoms with Crippen molar-refractivity contribution in [2.75, 3.05) is 13.1 Å². The molecule has 0 bridgehead atoms. The molecule has 0 aromatic heterocycles. The lowest BCUT2D eigenvalue weighted by Crippen LogP contribution is -2.25. The third-order valence-electron chi connectivity index (χ3n) is 3.57. The van der Waals surface area contributed by atoms with Crippen LogP contribution in [0.15, 0.2) is 24.3 Å². The average Bonchev–Trinajstić information content (AvgIpc) is 2.57. The fourth-order valence-electron chi connectivity index (χ4n) is 2.59. The molecule has 0 saturated carbocycles. The first-order valence-corrected chi connectivity index (χ1v) is 6.11. The van der Waals surface area contributed by atoms with Gasteiger partial charge in [0.05, 0.1) is 0 Å². The lowest BCUT2D eigenvalue weighted by molar-refractivity contribution is 0.443. The van der Waals surface area contributed by atoms with Gasteiger partial charge < -0.3 is 5.32 Å². The van der Waals surface area contributed by atoms with Gasteiger partial charge in [-0.2, -0.15) is 0 Å². The molecule has 1 heteroatoms. The molecule has 0 heterocycles. The van der Waals surface area contributed by atoms with E-state index >= 15 is 0 Å². The average molecular weight is 203 g/mol. The Hall–Kier alpha value is -0.820. The Balaban J connectivity index is 1.97. The van der Waals surface area contributed by atoms with Gasteiger partial charge in [-0.3, -0.25) is 0 Å². The normalized spacial score (nSPS) is 24.1. The van der Waals surface area contributed by atoms with E-state index in [0.29, 0.717) is 0 Å². The van der Waals surface area contributed by atoms with Crippen LogP contribution in [-0.2, 0) is 6.42 Å². The minimum Gasteiger partial charge on any atom is -0.316 e. The van der Waals surface area contributed by atoms with Gasteiger partial charge in [0.25, 0.3) is 0 Å². The van der Waals surface area contributed by atoms with E-state index in [0.717, 1.165) is 18.4 Å². The molecule has 0 amide bonds. The summed E-state index contributed by atoms with van der Waals surface area (Å²) in [4.78, 5) is 0. The largest absolute Gasteiger partial charge is 0.316 e. The molecule has 0 radical (unpaired) electrons. The van der Waals surface area contributed by atoms with Crippen molar-refractivity contribution in [3.8, 4) is 0 Å². The van der Waals surface area contributed by atoms with Crippen molar-refractivity contribution < 1.29 is 0 Å². The van der Waals surface area contributed by atoms with E-state index in [2.05, 4.69) is 43.4 Å². The smallest absolute Gasteiger partial charge is 0.00116 e. The molecule has 0 saturated heterocycles. The minimum atomic E-state index is 0.727. The predicted molar refractivity (Wildman–Crippen MR) is 65.2 cm³/mol. The van der Waals surface area contributed by atoms with Crippen molar-refractivity contribution >= 4 is 0 Å². The molecule has 0 fully saturated rings. The Morgan fingerprint density at radius 2 is 2.13 bits per heavy atom. The maximum absolute atomic E-state index is 3.54. The summed E-state index contributed by atoms with van der Waals surface area (Å²) in [5.74, 6) is 1.53. The van der Waals surface area contributed by atoms with Crippen LogP contribution < -0.4 is 5.32 Å². The topological polar surface area (TPSA) is 12.0 Å². The van der Waals surface area contributed by atoms with Crippen LogP contribution in [0.25, 0.3) is 0 Å². The lowest BCUT2D eigenvalue weighted by Gasteiger charge is -2.16. The van der Waals surface area contributed by atoms with E-state index < -0.39 is 0 Å². The molecule has 0 unspecified atom stereocenters. The van der Waals surface area contributed by atoms with E-state index in [4.69, 9.17) is 0 Å². The van der Waals surface area contributed by atoms with Crippen molar-refractivity contribution in [1.29, 1.82) is 0 Å². The van der Waals surface area contributed by atoms with Crippen molar-refractivity contribution in [3.05, 3.63) is 35.4 Å². The van der Waals surface area contributed by atoms with Gasteiger partial charge in [-0.25, -0.2) is 0 Å². The van der Waals surface area contributed by atoms with Gasteiger partial charge in [0.1, 0.15) is 0 Å². The molecular weight excluding hydrogens is 182 g/mol. The van der Waals surface area contributed by atoms with E-state index in [1.54, 1.807) is 11.1 Å². The standard InChI is InChI=1S/C14H21N/c1-3-8-15-10-13-9-12-6-4-5-7-14(12)11(13)2/h4-7,11,13,15H,3,8-10H2,1-2H3/t11-,13+/m1/s1. The van der Waals surface area contributed by atoms with Gasteiger partial charge in [-0.15, -0.1) is 0 Å². The molecule has 0 spiro atoms. The first-order valence-electron chi connectivity index (χ1n) is 6.11. The molecule has 0 aliphatic heterocycles. The van der Waals surface area contributed by atoms with Crippen LogP contribution in [0.3, 0.4) is 0 Å². The summed E-state index contributed by atoms with van der Waals surface area (Å²) < 4.78 is 0. The fourth-order valence-corrected chi connectivity index (χ4v) is 2.59. The van der Waals surface area contributed by atoms with Gasteiger partial charge in [0.2, 0.25) is 0 Å². The summed E-state index contributed by atoms with van der Waals surface area (Å²) in [7, 11) is 0. The Bertz CT molecular complexity index is 319. The van der Waals surface area contributed by atoms with Crippen LogP contribution in [0.5, 0.6) is 0 Å². The zero-order valence-corrected chi connectivity index (χ0v) is 9.79. The van der Waals surface area contributed by atoms with Crippen molar-refractivity contribution in [3.63, 3.8) is 0 Å². The number of benzene rings is 1. The number of hydrogen-bond acceptors (Lipinski definition) is 1. The highest BCUT2D eigenvalue weighted by atomic mass is 14.9. The summed E-state index contributed by atoms with van der Waals surface area (Å²) in [6.45, 7) is 6.91. The molecule has 1 aliphatic rings. The molecule has 1 aromatic carbocycles. The first kappa shape index (κ1) is 10.7. The maximum atomic E-state index is 3.54. The number of fused-ring (bicyclic) bond motifs is 1. The lowest BCUT2D eigenvalue weighted by atomic mass is 9.94. The molecule has 15 heavy (non-hydrogen) atoms. The predicted octanol–water partition coefficient (Wildman–Crippen LogP) is 2.96. The van der Waals surface area contributed by atoms with E-state index in [1.165, 1.54) is 19.4 Å². The molecule has 82 valence electrons. The third kappa shape index (κ3) is 2.23. The van der Waals surface area contributed by atoms with Crippen LogP contribution in [0, 0.1) is 5.92 Å². The highest BCUT2D eigenvalue weighted by Crippen LogP contribution is 2.36. The number of rotatable bonds is 4. The van der Waals surface area contributed by atoms with Gasteiger partial charge in [0, 0.05) is 0 Å². The summed E-state index contributed by atoms with van der Waals surface area (Å²) in [6, 6.07) is 8.90. The molecule has 2 atom stereocenters. The van der Waals surface area contributed by atoms with Crippen LogP contribution in [0.1, 0.15) is 37.3 Å². The van der Waals surface area contributed by atoms with Crippen LogP contribution in [-0.4, -0.2) is 13.1 Å². The minimum absolute atomic E-state index is 0.727. The first-order chi connectivity index (χ1) is 7.33. The Kier molecular flexibility index (Phi) is 3.42. The summed E-state index contributed by atoms with van der Waals surface area (Å²) >= 11 is 0. The second-order valence-corrected chi connectivity index (χ2v) is 4.66. The second kappa shape index (κ2) is 4.80. The second-order valence-electron chi connectivity index (χ2n) is 4.66. The van der Waals surface area contributed by atoms with Gasteiger partial charge in [-0.05, 0) is 48.9 Å². The Morgan fingerprint density at radius 3 is 2.87 bits per heavy atom. The Morgan fingerprint density at radius 1 is 1.33 bits per heavy atom. The van der Waals surface area contributed by atoms with E-state index in [-0.39, 0.29) is 0 Å². The molecular formula is C14H21N. The van der Waals surface area contributed by atoms with Crippen LogP contribution in [0.2, 0.25) is 0 Å². The highest BCUT2D eigenvalue weighted by molar-refractivity contribution is 5.35. The fraction of sp³-hybridized carbons (Fsp3) is 0.571. The SMILES string of the molecule is CCCNC[C@@H]1Cc2ccccc2[C@@H]1C. The number of nitrogens with one attached hydrogen (secondary N) is 1. The summed E-state index contributed by atoms with van der Waals surface area (Å²) in [6.07, 6.45) is 2.49. The summed E-state index contributed by atoms with van der Waals surface area (Å²) in [5.41, 5.74) is 3.13. The number of hydrogen-bond donors (Lipinski definition) is 1. The quantitative estimate of drug-likeness (QED) is 0.742. The molecule has 2 rings (SSSR count). The molecule has 1 aliphatic carbocycles. The van der Waals surface area contributed by atoms with Crippen molar-refractivity contribution in [2.24, 2.45) is 5.92 Å². The maximum Gasteiger partial charge on any atom is -0.00116 e. The van der Waals surface area contributed by atoms with E-state index in [9.17, 15) is 0 Å². The third-order valence-corrected chi connectivity index (χ3v) is 3.57. The highest BCUT2D eigenvalue weighted by Gasteiger charge is 2.27. The monoisotopic (exact) mass is 203 g/mol. The summed E-state index contributed by atoms with van der Waals surface area (Å²) in [5, 5.41) is 3.54. The van der Waals surface area contributed by atoms with Crippen molar-refractivity contribution in [1.82, 2.24) is 5.32 Å². The van der Waals surface area contributed by atoms with Crippen molar-refractivity contribution in [2.45, 2.75) is 32.6 Å². The van der Waals surface area contributed by atoms with Gasteiger partial charge in [-0.1, -0.05) is 38.1 Å². The Labute approximate surface area is 92.9 Å². The zero-order valence-electron chi connectivity index (χ0n) is 9.79. The van der Waals surface area contributed by atoms with Crippen LogP contribution in [0.4, 0.5) is 0 Å². The molecule has 1 N–H and O–H groups in total. The van der Waals surface area contributed by atoms with E-state index in [1.807, 2.05) is 0 Å².